The zero-order valence-electron chi connectivity index (χ0n) is 59.1. The van der Waals surface area contributed by atoms with Crippen LogP contribution in [0.5, 0.6) is 0 Å². The van der Waals surface area contributed by atoms with Crippen LogP contribution in [0, 0.1) is 11.8 Å². The van der Waals surface area contributed by atoms with E-state index in [-0.39, 0.29) is 78.4 Å². The Kier molecular flexibility index (Phi) is 43.0. The Balaban J connectivity index is 0.000000303. The predicted molar refractivity (Wildman–Crippen MR) is 461 cm³/mol. The van der Waals surface area contributed by atoms with Crippen LogP contribution in [0.25, 0.3) is 0 Å². The number of aldehydes is 1. The van der Waals surface area contributed by atoms with Crippen LogP contribution in [0.4, 0.5) is 5.69 Å². The summed E-state index contributed by atoms with van der Waals surface area (Å²) < 4.78 is 0. The summed E-state index contributed by atoms with van der Waals surface area (Å²) in [5.41, 5.74) is 19.3. The van der Waals surface area contributed by atoms with Crippen molar-refractivity contribution in [3.05, 3.63) is 383 Å². The monoisotopic (exact) mass is 1740 g/mol. The first-order valence-corrected chi connectivity index (χ1v) is 38.1. The molecule has 11 aromatic carbocycles. The third-order valence-electron chi connectivity index (χ3n) is 17.5. The summed E-state index contributed by atoms with van der Waals surface area (Å²) >= 11 is 71.1. The number of nitrogens with two attached hydrogens (primary N) is 1. The van der Waals surface area contributed by atoms with E-state index in [1.165, 1.54) is 38.9 Å². The maximum atomic E-state index is 11.7. The molecule has 3 radical (unpaired) electrons. The molecular formula is C84H75BCl14N6NaO3. The Morgan fingerprint density at radius 2 is 0.807 bits per heavy atom. The number of rotatable bonds is 14. The van der Waals surface area contributed by atoms with E-state index in [0.717, 1.165) is 87.6 Å². The average Bonchev–Trinajstić information content (AvgIpc) is 0.734. The summed E-state index contributed by atoms with van der Waals surface area (Å²) in [6.45, 7) is 10.9. The van der Waals surface area contributed by atoms with Gasteiger partial charge in [0.2, 0.25) is 0 Å². The fraction of sp³-hybridized carbons (Fsp3) is 0.179. The van der Waals surface area contributed by atoms with Crippen LogP contribution in [0.3, 0.4) is 0 Å². The Labute approximate surface area is 736 Å². The average molecular weight is 1750 g/mol. The van der Waals surface area contributed by atoms with E-state index in [4.69, 9.17) is 157 Å². The van der Waals surface area contributed by atoms with Gasteiger partial charge in [0.25, 0.3) is 0 Å². The molecule has 5 N–H and O–H groups in total. The van der Waals surface area contributed by atoms with Crippen molar-refractivity contribution in [3.8, 4) is 0 Å². The third kappa shape index (κ3) is 25.4. The maximum Gasteiger partial charge on any atom is 1.00 e. The van der Waals surface area contributed by atoms with Gasteiger partial charge in [0.15, 0.2) is 0 Å². The number of benzene rings is 11. The second-order valence-electron chi connectivity index (χ2n) is 24.0. The second kappa shape index (κ2) is 48.8. The SMILES string of the molecule is Cl.Cl.ClCCNc1cc(Cl)cc(Cl)c1.Clc1cc(Cl)c2c(c1)CN(C(c1ccccc1)(c1ccccc1)c1ccccc1)CC2.Clc1cc(Cl)c2c(c1)CNCC2.NCCCl.O=C(O)c1c(Cl)cc2c(c1Cl)CCN(C(c1ccccc1)(c1ccccc1)c1ccccc1)C2.O=Cc1cc(Cl)cc(Cl)c1.[B].[C-]#N.[Na+]. The van der Waals surface area contributed by atoms with Crippen LogP contribution in [0.2, 0.25) is 50.2 Å². The van der Waals surface area contributed by atoms with Crippen LogP contribution in [0.1, 0.15) is 87.5 Å². The number of halogens is 14. The van der Waals surface area contributed by atoms with Gasteiger partial charge in [-0.05, 0) is 159 Å². The molecule has 0 saturated carbocycles. The largest absolute Gasteiger partial charge is 1.00 e. The molecule has 0 aliphatic carbocycles. The number of nitrogens with zero attached hydrogens (tertiary/aromatic N) is 3. The molecule has 0 aromatic heterocycles. The molecule has 0 unspecified atom stereocenters. The minimum Gasteiger partial charge on any atom is -0.512 e. The van der Waals surface area contributed by atoms with Gasteiger partial charge in [-0.3, -0.25) is 14.6 Å². The summed E-state index contributed by atoms with van der Waals surface area (Å²) in [5, 5.41) is 27.8. The van der Waals surface area contributed by atoms with E-state index in [1.807, 2.05) is 36.4 Å². The molecule has 14 rings (SSSR count). The van der Waals surface area contributed by atoms with Crippen LogP contribution < -0.4 is 45.9 Å². The minimum absolute atomic E-state index is 0. The number of carboxylic acids is 1. The third-order valence-corrected chi connectivity index (χ3v) is 20.6. The number of aromatic carboxylic acids is 1. The van der Waals surface area contributed by atoms with Crippen molar-refractivity contribution in [1.82, 2.24) is 15.1 Å². The van der Waals surface area contributed by atoms with Crippen molar-refractivity contribution in [1.29, 1.82) is 5.26 Å². The summed E-state index contributed by atoms with van der Waals surface area (Å²) in [6, 6.07) is 83.4. The summed E-state index contributed by atoms with van der Waals surface area (Å²) in [5.74, 6) is 0.0249. The van der Waals surface area contributed by atoms with E-state index in [0.29, 0.717) is 81.3 Å². The standard InChI is InChI=1S/C29H23Cl2NO2.C28H23Cl2N.C9H9Cl2N.C8H8Cl3N.C7H4Cl2O.C2H6ClN.CN.B.2ClH.Na/c30-25-18-20-19-32(17-16-24(20)27(31)26(25)28(33)34)29(21-10-4-1-5-11-21,22-12-6-2-7-13-22)23-14-8-3-9-15-23;29-25-18-21-20-31(17-16-26(21)27(30)19-25)28(22-10-4-1-5-11-22,23-12-6-2-7-13-23)24-14-8-3-9-15-24;10-7-3-6-5-12-2-1-8(6)9(11)4-7;9-1-2-12-8-4-6(10)3-7(11)5-8;8-6-1-5(4-10)2-7(9)3-6;3-1-2-4;1-2;;;;/h1-15,18H,16-17,19H2,(H,33,34);1-15,18-19H,16-17,20H2;3-4,12H,1-2,5H2;3-5,12H,1-2H2;1-4H;1-2,4H2;;;2*1H;/q;;;;;;-1;;;;+1. The van der Waals surface area contributed by atoms with Crippen LogP contribution in [-0.4, -0.2) is 80.1 Å². The molecule has 0 amide bonds. The van der Waals surface area contributed by atoms with Gasteiger partial charge in [-0.15, -0.1) is 48.0 Å². The molecule has 0 bridgehead atoms. The van der Waals surface area contributed by atoms with Crippen LogP contribution in [-0.2, 0) is 50.0 Å². The van der Waals surface area contributed by atoms with Crippen LogP contribution in [0.15, 0.2) is 249 Å². The Morgan fingerprint density at radius 1 is 0.477 bits per heavy atom. The molecule has 11 aromatic rings. The summed E-state index contributed by atoms with van der Waals surface area (Å²) in [4.78, 5) is 26.9. The molecule has 561 valence electrons. The topological polar surface area (TPSA) is 135 Å². The van der Waals surface area contributed by atoms with Crippen LogP contribution >= 0.6 is 164 Å². The number of hydrogen-bond acceptors (Lipinski definition) is 8. The summed E-state index contributed by atoms with van der Waals surface area (Å²) in [6.07, 6.45) is 3.22. The molecule has 3 heterocycles. The van der Waals surface area contributed by atoms with Gasteiger partial charge in [-0.25, -0.2) is 4.79 Å². The zero-order chi connectivity index (χ0) is 75.5. The van der Waals surface area contributed by atoms with Gasteiger partial charge in [0.1, 0.15) is 6.29 Å². The number of hydrogen-bond donors (Lipinski definition) is 4. The van der Waals surface area contributed by atoms with E-state index in [2.05, 4.69) is 190 Å². The van der Waals surface area contributed by atoms with Crippen molar-refractivity contribution in [3.63, 3.8) is 0 Å². The molecule has 109 heavy (non-hydrogen) atoms. The van der Waals surface area contributed by atoms with Gasteiger partial charge >= 0.3 is 35.5 Å². The van der Waals surface area contributed by atoms with Gasteiger partial charge < -0.3 is 33.3 Å². The molecule has 0 spiro atoms. The molecule has 0 fully saturated rings. The molecule has 0 saturated heterocycles. The first-order chi connectivity index (χ1) is 50.8. The molecular weight excluding hydrogens is 1670 g/mol. The Hall–Kier alpha value is -5.19. The Morgan fingerprint density at radius 3 is 1.16 bits per heavy atom. The number of carboxylic acid groups (broad SMARTS) is 1. The number of carbonyl (C=O) groups is 2. The van der Waals surface area contributed by atoms with Crippen molar-refractivity contribution in [2.75, 3.05) is 49.8 Å². The number of alkyl halides is 2. The smallest absolute Gasteiger partial charge is 0.512 e. The number of anilines is 1. The van der Waals surface area contributed by atoms with Gasteiger partial charge in [0, 0.05) is 117 Å². The van der Waals surface area contributed by atoms with Gasteiger partial charge in [-0.2, -0.15) is 0 Å². The zero-order valence-corrected chi connectivity index (χ0v) is 71.8. The Bertz CT molecular complexity index is 4420. The van der Waals surface area contributed by atoms with Gasteiger partial charge in [0.05, 0.1) is 26.7 Å². The van der Waals surface area contributed by atoms with Crippen molar-refractivity contribution < 1.29 is 44.3 Å². The van der Waals surface area contributed by atoms with E-state index in [1.54, 1.807) is 42.5 Å². The molecule has 0 atom stereocenters. The van der Waals surface area contributed by atoms with Crippen molar-refractivity contribution in [2.24, 2.45) is 5.73 Å². The number of carbonyl (C=O) groups excluding carboxylic acids is 1. The van der Waals surface area contributed by atoms with Crippen molar-refractivity contribution >= 4 is 190 Å². The maximum absolute atomic E-state index is 11.7. The normalized spacial score (nSPS) is 12.4. The quantitative estimate of drug-likeness (QED) is 0.0276. The number of nitrogens with one attached hydrogen (secondary N) is 2. The first-order valence-electron chi connectivity index (χ1n) is 33.2. The summed E-state index contributed by atoms with van der Waals surface area (Å²) in [7, 11) is 0. The minimum atomic E-state index is -1.10. The van der Waals surface area contributed by atoms with E-state index < -0.39 is 17.0 Å². The van der Waals surface area contributed by atoms with Crippen molar-refractivity contribution in [2.45, 2.75) is 50.0 Å². The molecule has 3 aliphatic rings. The first kappa shape index (κ1) is 96.2. The fourth-order valence-electron chi connectivity index (χ4n) is 13.2. The molecule has 9 nitrogen and oxygen atoms in total. The molecule has 25 heteroatoms. The fourth-order valence-corrected chi connectivity index (χ4v) is 16.4. The predicted octanol–water partition coefficient (Wildman–Crippen LogP) is 21.2. The second-order valence-corrected chi connectivity index (χ2v) is 29.0. The molecule has 3 aliphatic heterocycles. The van der Waals surface area contributed by atoms with E-state index in [9.17, 15) is 14.7 Å². The van der Waals surface area contributed by atoms with E-state index >= 15 is 0 Å². The number of fused-ring (bicyclic) bond motifs is 3. The van der Waals surface area contributed by atoms with Gasteiger partial charge in [-0.1, -0.05) is 298 Å².